The summed E-state index contributed by atoms with van der Waals surface area (Å²) in [4.78, 5) is 14.3. The molecule has 1 saturated carbocycles. The highest BCUT2D eigenvalue weighted by atomic mass is 35.5. The number of halogens is 1. The van der Waals surface area contributed by atoms with E-state index in [0.29, 0.717) is 11.1 Å². The third-order valence-corrected chi connectivity index (χ3v) is 8.01. The highest BCUT2D eigenvalue weighted by Gasteiger charge is 2.35. The van der Waals surface area contributed by atoms with Crippen molar-refractivity contribution < 1.29 is 4.74 Å². The van der Waals surface area contributed by atoms with E-state index < -0.39 is 0 Å². The van der Waals surface area contributed by atoms with Crippen LogP contribution >= 0.6 is 23.8 Å². The lowest BCUT2D eigenvalue weighted by Crippen LogP contribution is -2.41. The van der Waals surface area contributed by atoms with Gasteiger partial charge in [-0.15, -0.1) is 0 Å². The quantitative estimate of drug-likeness (QED) is 0.535. The van der Waals surface area contributed by atoms with Crippen LogP contribution in [0.4, 0.5) is 17.6 Å². The number of hydrogen-bond donors (Lipinski definition) is 2. The molecule has 3 fully saturated rings. The maximum atomic E-state index is 6.32. The van der Waals surface area contributed by atoms with Gasteiger partial charge in [0.25, 0.3) is 0 Å². The highest BCUT2D eigenvalue weighted by Crippen LogP contribution is 2.41. The van der Waals surface area contributed by atoms with Crippen molar-refractivity contribution in [3.8, 4) is 0 Å². The molecule has 0 radical (unpaired) electrons. The molecule has 35 heavy (non-hydrogen) atoms. The summed E-state index contributed by atoms with van der Waals surface area (Å²) in [6.07, 6.45) is 8.38. The lowest BCUT2D eigenvalue weighted by Gasteiger charge is -2.32. The first kappa shape index (κ1) is 24.5. The maximum Gasteiger partial charge on any atom is 0.232 e. The number of benzene rings is 1. The number of hydrogen-bond acceptors (Lipinski definition) is 6. The molecule has 3 heterocycles. The number of piperidine rings is 1. The van der Waals surface area contributed by atoms with Gasteiger partial charge >= 0.3 is 0 Å². The van der Waals surface area contributed by atoms with Crippen LogP contribution in [0.1, 0.15) is 50.5 Å². The van der Waals surface area contributed by atoms with Gasteiger partial charge in [-0.25, -0.2) is 0 Å². The van der Waals surface area contributed by atoms with Gasteiger partial charge in [0.2, 0.25) is 5.95 Å². The Morgan fingerprint density at radius 2 is 1.63 bits per heavy atom. The molecule has 0 spiro atoms. The molecule has 0 unspecified atom stereocenters. The fourth-order valence-electron chi connectivity index (χ4n) is 5.55. The van der Waals surface area contributed by atoms with Crippen LogP contribution in [0, 0.1) is 0 Å². The van der Waals surface area contributed by atoms with Crippen LogP contribution in [0.15, 0.2) is 30.3 Å². The molecule has 1 aliphatic carbocycles. The van der Waals surface area contributed by atoms with Gasteiger partial charge in [0.15, 0.2) is 5.11 Å². The zero-order valence-electron chi connectivity index (χ0n) is 20.3. The minimum atomic E-state index is 0.0477. The van der Waals surface area contributed by atoms with E-state index in [2.05, 4.69) is 38.6 Å². The van der Waals surface area contributed by atoms with Crippen molar-refractivity contribution in [2.75, 3.05) is 61.1 Å². The number of nitrogens with zero attached hydrogens (tertiary/aromatic N) is 4. The average Bonchev–Trinajstić information content (AvgIpc) is 3.39. The summed E-state index contributed by atoms with van der Waals surface area (Å²) in [5.41, 5.74) is 1.34. The number of anilines is 3. The second-order valence-electron chi connectivity index (χ2n) is 9.86. The van der Waals surface area contributed by atoms with Crippen molar-refractivity contribution >= 4 is 46.5 Å². The predicted octanol–water partition coefficient (Wildman–Crippen LogP) is 4.76. The molecule has 0 atom stereocenters. The lowest BCUT2D eigenvalue weighted by molar-refractivity contribution is 0.122. The Morgan fingerprint density at radius 1 is 0.943 bits per heavy atom. The Labute approximate surface area is 218 Å². The second kappa shape index (κ2) is 11.3. The Morgan fingerprint density at radius 3 is 2.31 bits per heavy atom. The van der Waals surface area contributed by atoms with Crippen LogP contribution in [-0.2, 0) is 10.2 Å². The van der Waals surface area contributed by atoms with Gasteiger partial charge in [-0.1, -0.05) is 36.6 Å². The van der Waals surface area contributed by atoms with Gasteiger partial charge in [0.05, 0.1) is 13.2 Å². The first-order valence-corrected chi connectivity index (χ1v) is 13.7. The van der Waals surface area contributed by atoms with Gasteiger partial charge in [0.1, 0.15) is 11.6 Å². The van der Waals surface area contributed by atoms with E-state index in [0.717, 1.165) is 75.4 Å². The van der Waals surface area contributed by atoms with Crippen molar-refractivity contribution in [2.24, 2.45) is 0 Å². The molecule has 0 bridgehead atoms. The Balaban J connectivity index is 1.31. The molecule has 2 aliphatic heterocycles. The molecule has 1 aromatic heterocycles. The first-order valence-electron chi connectivity index (χ1n) is 12.9. The van der Waals surface area contributed by atoms with Gasteiger partial charge < -0.3 is 25.2 Å². The summed E-state index contributed by atoms with van der Waals surface area (Å²) in [5.74, 6) is 2.45. The fourth-order valence-corrected chi connectivity index (χ4v) is 5.90. The van der Waals surface area contributed by atoms with Crippen LogP contribution in [0.2, 0.25) is 5.02 Å². The van der Waals surface area contributed by atoms with Gasteiger partial charge in [-0.2, -0.15) is 9.97 Å². The van der Waals surface area contributed by atoms with Gasteiger partial charge in [-0.3, -0.25) is 0 Å². The van der Waals surface area contributed by atoms with Crippen molar-refractivity contribution in [3.05, 3.63) is 40.9 Å². The van der Waals surface area contributed by atoms with Crippen LogP contribution < -0.4 is 20.4 Å². The zero-order valence-corrected chi connectivity index (χ0v) is 21.8. The average molecular weight is 515 g/mol. The molecule has 3 aliphatic rings. The number of thiocarbonyl (C=S) groups is 1. The SMILES string of the molecule is S=C(NCC1(c2cccc(Cl)c2)CCCC1)Nc1nc(N2CCCCC2)cc(N2CCOCC2)n1. The molecule has 5 rings (SSSR count). The lowest BCUT2D eigenvalue weighted by atomic mass is 9.79. The van der Waals surface area contributed by atoms with E-state index in [1.54, 1.807) is 0 Å². The minimum absolute atomic E-state index is 0.0477. The van der Waals surface area contributed by atoms with E-state index >= 15 is 0 Å². The van der Waals surface area contributed by atoms with Gasteiger partial charge in [0, 0.05) is 49.2 Å². The molecule has 1 aromatic carbocycles. The Kier molecular flexibility index (Phi) is 7.90. The van der Waals surface area contributed by atoms with Crippen LogP contribution in [-0.4, -0.2) is 61.0 Å². The fraction of sp³-hybridized carbons (Fsp3) is 0.577. The third kappa shape index (κ3) is 5.98. The minimum Gasteiger partial charge on any atom is -0.378 e. The topological polar surface area (TPSA) is 65.6 Å². The maximum absolute atomic E-state index is 6.32. The van der Waals surface area contributed by atoms with Crippen LogP contribution in [0.3, 0.4) is 0 Å². The number of morpholine rings is 1. The van der Waals surface area contributed by atoms with E-state index in [1.165, 1.54) is 37.7 Å². The third-order valence-electron chi connectivity index (χ3n) is 7.52. The summed E-state index contributed by atoms with van der Waals surface area (Å²) >= 11 is 12.0. The van der Waals surface area contributed by atoms with E-state index in [1.807, 2.05) is 12.1 Å². The molecule has 0 amide bonds. The largest absolute Gasteiger partial charge is 0.378 e. The molecule has 9 heteroatoms. The van der Waals surface area contributed by atoms with Crippen molar-refractivity contribution in [1.29, 1.82) is 0 Å². The molecule has 2 saturated heterocycles. The molecule has 2 aromatic rings. The Hall–Kier alpha value is -2.16. The monoisotopic (exact) mass is 514 g/mol. The Bertz CT molecular complexity index is 982. The van der Waals surface area contributed by atoms with Crippen molar-refractivity contribution in [1.82, 2.24) is 15.3 Å². The van der Waals surface area contributed by atoms with E-state index in [9.17, 15) is 0 Å². The number of ether oxygens (including phenoxy) is 1. The molecular weight excluding hydrogens is 480 g/mol. The first-order chi connectivity index (χ1) is 17.1. The smallest absolute Gasteiger partial charge is 0.232 e. The predicted molar refractivity (Wildman–Crippen MR) is 147 cm³/mol. The van der Waals surface area contributed by atoms with Crippen molar-refractivity contribution in [3.63, 3.8) is 0 Å². The number of nitrogens with one attached hydrogen (secondary N) is 2. The standard InChI is InChI=1S/C26H35ClN6OS/c27-21-8-6-7-20(17-21)26(9-2-3-10-26)19-28-25(35)31-24-29-22(32-11-4-1-5-12-32)18-23(30-24)33-13-15-34-16-14-33/h6-8,17-18H,1-5,9-16,19H2,(H2,28,29,30,31,35). The van der Waals surface area contributed by atoms with Crippen LogP contribution in [0.5, 0.6) is 0 Å². The normalized spacial score (nSPS) is 20.0. The summed E-state index contributed by atoms with van der Waals surface area (Å²) in [6.45, 7) is 5.94. The highest BCUT2D eigenvalue weighted by molar-refractivity contribution is 7.80. The summed E-state index contributed by atoms with van der Waals surface area (Å²) in [5, 5.41) is 8.11. The molecule has 7 nitrogen and oxygen atoms in total. The summed E-state index contributed by atoms with van der Waals surface area (Å²) < 4.78 is 5.55. The summed E-state index contributed by atoms with van der Waals surface area (Å²) in [7, 11) is 0. The second-order valence-corrected chi connectivity index (χ2v) is 10.7. The van der Waals surface area contributed by atoms with E-state index in [-0.39, 0.29) is 5.41 Å². The zero-order chi connectivity index (χ0) is 24.1. The number of aromatic nitrogens is 2. The molecule has 188 valence electrons. The summed E-state index contributed by atoms with van der Waals surface area (Å²) in [6, 6.07) is 10.4. The van der Waals surface area contributed by atoms with E-state index in [4.69, 9.17) is 38.5 Å². The van der Waals surface area contributed by atoms with Crippen molar-refractivity contribution in [2.45, 2.75) is 50.4 Å². The van der Waals surface area contributed by atoms with Crippen LogP contribution in [0.25, 0.3) is 0 Å². The van der Waals surface area contributed by atoms with Gasteiger partial charge in [-0.05, 0) is 62.0 Å². The molecular formula is C26H35ClN6OS. The number of rotatable bonds is 6. The molecule has 2 N–H and O–H groups in total.